The summed E-state index contributed by atoms with van der Waals surface area (Å²) in [5.74, 6) is 0.847. The van der Waals surface area contributed by atoms with Gasteiger partial charge in [0.25, 0.3) is 0 Å². The summed E-state index contributed by atoms with van der Waals surface area (Å²) in [6.07, 6.45) is 0.278. The molecule has 122 valence electrons. The number of halogens is 1. The molecule has 1 amide bonds. The van der Waals surface area contributed by atoms with E-state index in [4.69, 9.17) is 4.74 Å². The van der Waals surface area contributed by atoms with Crippen molar-refractivity contribution >= 4 is 17.2 Å². The molecule has 1 aromatic carbocycles. The Hall–Kier alpha value is -1.95. The molecule has 6 heteroatoms. The van der Waals surface area contributed by atoms with Gasteiger partial charge in [-0.25, -0.2) is 4.98 Å². The van der Waals surface area contributed by atoms with Crippen molar-refractivity contribution < 1.29 is 13.9 Å². The van der Waals surface area contributed by atoms with E-state index in [-0.39, 0.29) is 24.9 Å². The fraction of sp³-hybridized carbons (Fsp3) is 0.412. The van der Waals surface area contributed by atoms with Crippen molar-refractivity contribution in [2.24, 2.45) is 5.92 Å². The molecule has 0 aliphatic carbocycles. The first-order chi connectivity index (χ1) is 11.1. The summed E-state index contributed by atoms with van der Waals surface area (Å²) in [6.45, 7) is 3.14. The summed E-state index contributed by atoms with van der Waals surface area (Å²) in [6, 6.07) is 7.86. The van der Waals surface area contributed by atoms with Crippen LogP contribution >= 0.6 is 11.3 Å². The van der Waals surface area contributed by atoms with Crippen molar-refractivity contribution in [2.45, 2.75) is 20.0 Å². The fourth-order valence-corrected chi connectivity index (χ4v) is 3.12. The third-order valence-electron chi connectivity index (χ3n) is 3.84. The summed E-state index contributed by atoms with van der Waals surface area (Å²) in [7, 11) is 0. The van der Waals surface area contributed by atoms with Crippen molar-refractivity contribution in [1.82, 2.24) is 9.88 Å². The van der Waals surface area contributed by atoms with Gasteiger partial charge in [-0.3, -0.25) is 9.18 Å². The lowest BCUT2D eigenvalue weighted by Crippen LogP contribution is -2.51. The molecule has 1 aliphatic heterocycles. The van der Waals surface area contributed by atoms with Gasteiger partial charge in [0.05, 0.1) is 18.8 Å². The maximum atomic E-state index is 12.4. The van der Waals surface area contributed by atoms with Crippen LogP contribution in [0.4, 0.5) is 4.39 Å². The lowest BCUT2D eigenvalue weighted by Gasteiger charge is -2.37. The van der Waals surface area contributed by atoms with Crippen molar-refractivity contribution in [1.29, 1.82) is 0 Å². The summed E-state index contributed by atoms with van der Waals surface area (Å²) in [5.41, 5.74) is 1.94. The van der Waals surface area contributed by atoms with Gasteiger partial charge in [-0.05, 0) is 19.1 Å². The van der Waals surface area contributed by atoms with Crippen LogP contribution in [0.5, 0.6) is 5.75 Å². The molecule has 2 heterocycles. The van der Waals surface area contributed by atoms with Crippen molar-refractivity contribution in [3.8, 4) is 5.75 Å². The van der Waals surface area contributed by atoms with Crippen molar-refractivity contribution in [3.05, 3.63) is 45.9 Å². The zero-order chi connectivity index (χ0) is 16.2. The zero-order valence-corrected chi connectivity index (χ0v) is 13.8. The molecule has 0 unspecified atom stereocenters. The number of thiazole rings is 1. The summed E-state index contributed by atoms with van der Waals surface area (Å²) < 4.78 is 18.1. The number of benzene rings is 1. The van der Waals surface area contributed by atoms with Crippen LogP contribution in [0.25, 0.3) is 0 Å². The third kappa shape index (κ3) is 4.07. The highest BCUT2D eigenvalue weighted by Gasteiger charge is 2.30. The van der Waals surface area contributed by atoms with Crippen molar-refractivity contribution in [3.63, 3.8) is 0 Å². The van der Waals surface area contributed by atoms with E-state index in [0.717, 1.165) is 16.5 Å². The monoisotopic (exact) mass is 334 g/mol. The Balaban J connectivity index is 1.48. The molecule has 0 saturated carbocycles. The number of nitrogens with zero attached hydrogens (tertiary/aromatic N) is 2. The van der Waals surface area contributed by atoms with E-state index in [2.05, 4.69) is 4.98 Å². The number of carbonyl (C=O) groups is 1. The standard InChI is InChI=1S/C17H19FN2O2S/c1-12-2-4-15(5-3-12)22-10-16-19-14(11-23-16)6-17(21)20-8-13(7-18)9-20/h2-5,11,13H,6-10H2,1H3. The van der Waals surface area contributed by atoms with Crippen molar-refractivity contribution in [2.75, 3.05) is 19.8 Å². The number of likely N-dealkylation sites (tertiary alicyclic amines) is 1. The quantitative estimate of drug-likeness (QED) is 0.815. The van der Waals surface area contributed by atoms with Crippen LogP contribution in [0.1, 0.15) is 16.3 Å². The number of rotatable bonds is 6. The minimum Gasteiger partial charge on any atom is -0.486 e. The Labute approximate surface area is 138 Å². The number of aryl methyl sites for hydroxylation is 1. The molecule has 2 aromatic rings. The summed E-state index contributed by atoms with van der Waals surface area (Å²) in [5, 5.41) is 2.73. The minimum atomic E-state index is -0.346. The van der Waals surface area contributed by atoms with E-state index in [1.165, 1.54) is 16.9 Å². The topological polar surface area (TPSA) is 42.4 Å². The van der Waals surface area contributed by atoms with E-state index >= 15 is 0 Å². The molecule has 1 aromatic heterocycles. The number of hydrogen-bond donors (Lipinski definition) is 0. The average Bonchev–Trinajstić information content (AvgIpc) is 2.93. The molecule has 1 fully saturated rings. The van der Waals surface area contributed by atoms with E-state index in [9.17, 15) is 9.18 Å². The molecule has 0 radical (unpaired) electrons. The van der Waals surface area contributed by atoms with Gasteiger partial charge in [-0.2, -0.15) is 0 Å². The predicted octanol–water partition coefficient (Wildman–Crippen LogP) is 3.00. The first-order valence-electron chi connectivity index (χ1n) is 7.60. The van der Waals surface area contributed by atoms with Gasteiger partial charge in [-0.15, -0.1) is 11.3 Å². The molecular weight excluding hydrogens is 315 g/mol. The number of aromatic nitrogens is 1. The van der Waals surface area contributed by atoms with E-state index in [1.54, 1.807) is 4.90 Å². The zero-order valence-electron chi connectivity index (χ0n) is 13.0. The Bertz CT molecular complexity index is 665. The number of hydrogen-bond acceptors (Lipinski definition) is 4. The largest absolute Gasteiger partial charge is 0.486 e. The molecule has 0 spiro atoms. The second kappa shape index (κ2) is 7.08. The molecule has 0 atom stereocenters. The van der Waals surface area contributed by atoms with Gasteiger partial charge in [-0.1, -0.05) is 17.7 Å². The lowest BCUT2D eigenvalue weighted by atomic mass is 10.0. The Kier molecular flexibility index (Phi) is 4.91. The Morgan fingerprint density at radius 3 is 2.83 bits per heavy atom. The number of carbonyl (C=O) groups excluding carboxylic acids is 1. The Morgan fingerprint density at radius 1 is 1.39 bits per heavy atom. The Morgan fingerprint density at radius 2 is 2.13 bits per heavy atom. The maximum absolute atomic E-state index is 12.4. The molecular formula is C17H19FN2O2S. The van der Waals surface area contributed by atoms with Gasteiger partial charge >= 0.3 is 0 Å². The van der Waals surface area contributed by atoms with Gasteiger partial charge in [0.1, 0.15) is 17.4 Å². The van der Waals surface area contributed by atoms with Gasteiger partial charge in [0.15, 0.2) is 0 Å². The second-order valence-electron chi connectivity index (χ2n) is 5.83. The fourth-order valence-electron chi connectivity index (χ4n) is 2.41. The van der Waals surface area contributed by atoms with Gasteiger partial charge in [0, 0.05) is 24.4 Å². The number of amides is 1. The lowest BCUT2D eigenvalue weighted by molar-refractivity contribution is -0.137. The van der Waals surface area contributed by atoms with E-state index < -0.39 is 0 Å². The van der Waals surface area contributed by atoms with Gasteiger partial charge < -0.3 is 9.64 Å². The highest BCUT2D eigenvalue weighted by atomic mass is 32.1. The van der Waals surface area contributed by atoms with Crippen LogP contribution in [0.2, 0.25) is 0 Å². The van der Waals surface area contributed by atoms with E-state index in [0.29, 0.717) is 19.7 Å². The summed E-state index contributed by atoms with van der Waals surface area (Å²) in [4.78, 5) is 18.1. The van der Waals surface area contributed by atoms with Crippen LogP contribution in [-0.4, -0.2) is 35.6 Å². The number of alkyl halides is 1. The van der Waals surface area contributed by atoms with Crippen LogP contribution in [0.15, 0.2) is 29.6 Å². The molecule has 4 nitrogen and oxygen atoms in total. The van der Waals surface area contributed by atoms with Crippen LogP contribution in [0.3, 0.4) is 0 Å². The summed E-state index contributed by atoms with van der Waals surface area (Å²) >= 11 is 1.49. The molecule has 1 aliphatic rings. The van der Waals surface area contributed by atoms with E-state index in [1.807, 2.05) is 36.6 Å². The number of ether oxygens (including phenoxy) is 1. The maximum Gasteiger partial charge on any atom is 0.228 e. The normalized spacial score (nSPS) is 14.6. The second-order valence-corrected chi connectivity index (χ2v) is 6.77. The molecule has 0 bridgehead atoms. The molecule has 3 rings (SSSR count). The highest BCUT2D eigenvalue weighted by Crippen LogP contribution is 2.19. The highest BCUT2D eigenvalue weighted by molar-refractivity contribution is 7.09. The SMILES string of the molecule is Cc1ccc(OCc2nc(CC(=O)N3CC(CF)C3)cs2)cc1. The average molecular weight is 334 g/mol. The van der Waals surface area contributed by atoms with Crippen LogP contribution in [0, 0.1) is 12.8 Å². The molecule has 23 heavy (non-hydrogen) atoms. The predicted molar refractivity (Wildman–Crippen MR) is 87.4 cm³/mol. The van der Waals surface area contributed by atoms with Crippen LogP contribution in [-0.2, 0) is 17.8 Å². The van der Waals surface area contributed by atoms with Gasteiger partial charge in [0.2, 0.25) is 5.91 Å². The van der Waals surface area contributed by atoms with Crippen LogP contribution < -0.4 is 4.74 Å². The third-order valence-corrected chi connectivity index (χ3v) is 4.71. The minimum absolute atomic E-state index is 0.0194. The first-order valence-corrected chi connectivity index (χ1v) is 8.48. The molecule has 1 saturated heterocycles. The molecule has 0 N–H and O–H groups in total. The smallest absolute Gasteiger partial charge is 0.228 e. The first kappa shape index (κ1) is 15.9.